The molecule has 0 saturated heterocycles. The number of benzene rings is 3. The van der Waals surface area contributed by atoms with Gasteiger partial charge in [-0.05, 0) is 29.3 Å². The van der Waals surface area contributed by atoms with Gasteiger partial charge in [0.05, 0.1) is 12.6 Å². The summed E-state index contributed by atoms with van der Waals surface area (Å²) in [6.07, 6.45) is 7.17. The van der Waals surface area contributed by atoms with E-state index in [1.807, 2.05) is 67.6 Å². The zero-order valence-corrected chi connectivity index (χ0v) is 15.1. The molecule has 0 saturated carbocycles. The average molecular weight is 356 g/mol. The van der Waals surface area contributed by atoms with E-state index in [-0.39, 0.29) is 18.9 Å². The Morgan fingerprint density at radius 2 is 1.93 bits per heavy atom. The fraction of sp³-hybridized carbons (Fsp3) is 0.130. The molecule has 0 fully saturated rings. The van der Waals surface area contributed by atoms with E-state index in [4.69, 9.17) is 11.2 Å². The summed E-state index contributed by atoms with van der Waals surface area (Å²) in [4.78, 5) is 12.1. The van der Waals surface area contributed by atoms with Crippen molar-refractivity contribution in [1.82, 2.24) is 5.43 Å². The number of fused-ring (bicyclic) bond motifs is 1. The van der Waals surface area contributed by atoms with Crippen LogP contribution in [0, 0.1) is 19.3 Å². The van der Waals surface area contributed by atoms with Gasteiger partial charge in [0.2, 0.25) is 5.91 Å². The molecule has 0 aliphatic rings. The highest BCUT2D eigenvalue weighted by Gasteiger charge is 2.07. The number of terminal acetylenes is 1. The van der Waals surface area contributed by atoms with Crippen molar-refractivity contribution >= 4 is 22.9 Å². The minimum absolute atomic E-state index is 0.166. The van der Waals surface area contributed by atoms with Gasteiger partial charge in [0.1, 0.15) is 12.4 Å². The van der Waals surface area contributed by atoms with Crippen LogP contribution in [0.25, 0.3) is 10.8 Å². The molecule has 3 aromatic carbocycles. The third-order valence-electron chi connectivity index (χ3n) is 4.11. The molecule has 0 spiro atoms. The number of hydrazone groups is 1. The van der Waals surface area contributed by atoms with E-state index in [0.29, 0.717) is 5.75 Å². The van der Waals surface area contributed by atoms with Crippen LogP contribution >= 0.6 is 0 Å². The first-order chi connectivity index (χ1) is 13.2. The number of nitrogens with zero attached hydrogens (tertiary/aromatic N) is 1. The van der Waals surface area contributed by atoms with E-state index in [9.17, 15) is 4.79 Å². The molecule has 0 unspecified atom stereocenters. The zero-order chi connectivity index (χ0) is 19.1. The highest BCUT2D eigenvalue weighted by molar-refractivity contribution is 6.02. The van der Waals surface area contributed by atoms with Crippen LogP contribution in [0.2, 0.25) is 0 Å². The number of ether oxygens (including phenoxy) is 1. The van der Waals surface area contributed by atoms with Crippen LogP contribution in [-0.2, 0) is 11.2 Å². The Morgan fingerprint density at radius 3 is 2.70 bits per heavy atom. The minimum Gasteiger partial charge on any atom is -0.480 e. The van der Waals surface area contributed by atoms with E-state index in [2.05, 4.69) is 16.4 Å². The first kappa shape index (κ1) is 18.2. The molecule has 0 heterocycles. The SMILES string of the molecule is C#CCOc1ccc2ccccc2c1/C=N\NC(=O)Cc1ccc(C)cc1. The first-order valence-corrected chi connectivity index (χ1v) is 8.63. The second-order valence-electron chi connectivity index (χ2n) is 6.15. The van der Waals surface area contributed by atoms with Crippen molar-refractivity contribution in [3.8, 4) is 18.1 Å². The number of amides is 1. The molecule has 3 rings (SSSR count). The quantitative estimate of drug-likeness (QED) is 0.414. The van der Waals surface area contributed by atoms with E-state index in [1.54, 1.807) is 6.21 Å². The van der Waals surface area contributed by atoms with Crippen molar-refractivity contribution < 1.29 is 9.53 Å². The lowest BCUT2D eigenvalue weighted by Gasteiger charge is -2.10. The molecule has 0 aliphatic heterocycles. The van der Waals surface area contributed by atoms with Crippen molar-refractivity contribution in [2.45, 2.75) is 13.3 Å². The Kier molecular flexibility index (Phi) is 5.86. The summed E-state index contributed by atoms with van der Waals surface area (Å²) < 4.78 is 5.62. The molecule has 0 bridgehead atoms. The van der Waals surface area contributed by atoms with Gasteiger partial charge >= 0.3 is 0 Å². The van der Waals surface area contributed by atoms with Gasteiger partial charge < -0.3 is 4.74 Å². The number of aryl methyl sites for hydroxylation is 1. The molecular weight excluding hydrogens is 336 g/mol. The topological polar surface area (TPSA) is 50.7 Å². The second-order valence-corrected chi connectivity index (χ2v) is 6.15. The highest BCUT2D eigenvalue weighted by Crippen LogP contribution is 2.26. The number of carbonyl (C=O) groups is 1. The normalized spacial score (nSPS) is 10.7. The maximum atomic E-state index is 12.1. The summed E-state index contributed by atoms with van der Waals surface area (Å²) in [5.74, 6) is 2.91. The molecule has 4 heteroatoms. The first-order valence-electron chi connectivity index (χ1n) is 8.63. The fourth-order valence-electron chi connectivity index (χ4n) is 2.75. The van der Waals surface area contributed by atoms with E-state index < -0.39 is 0 Å². The lowest BCUT2D eigenvalue weighted by molar-refractivity contribution is -0.120. The summed E-state index contributed by atoms with van der Waals surface area (Å²) >= 11 is 0. The maximum Gasteiger partial charge on any atom is 0.244 e. The average Bonchev–Trinajstić information content (AvgIpc) is 2.69. The third kappa shape index (κ3) is 4.74. The Morgan fingerprint density at radius 1 is 1.15 bits per heavy atom. The smallest absolute Gasteiger partial charge is 0.244 e. The molecular formula is C23H20N2O2. The lowest BCUT2D eigenvalue weighted by Crippen LogP contribution is -2.19. The van der Waals surface area contributed by atoms with E-state index >= 15 is 0 Å². The Labute approximate surface area is 158 Å². The van der Waals surface area contributed by atoms with Gasteiger partial charge in [-0.15, -0.1) is 6.42 Å². The molecule has 134 valence electrons. The van der Waals surface area contributed by atoms with Gasteiger partial charge in [0.15, 0.2) is 0 Å². The number of rotatable bonds is 6. The van der Waals surface area contributed by atoms with Crippen molar-refractivity contribution in [2.75, 3.05) is 6.61 Å². The Balaban J connectivity index is 1.77. The summed E-state index contributed by atoms with van der Waals surface area (Å²) in [6, 6.07) is 19.6. The maximum absolute atomic E-state index is 12.1. The van der Waals surface area contributed by atoms with Crippen molar-refractivity contribution in [3.05, 3.63) is 77.4 Å². The van der Waals surface area contributed by atoms with E-state index in [0.717, 1.165) is 27.5 Å². The van der Waals surface area contributed by atoms with Crippen LogP contribution in [-0.4, -0.2) is 18.7 Å². The van der Waals surface area contributed by atoms with Crippen molar-refractivity contribution in [3.63, 3.8) is 0 Å². The number of nitrogens with one attached hydrogen (secondary N) is 1. The zero-order valence-electron chi connectivity index (χ0n) is 15.1. The van der Waals surface area contributed by atoms with Gasteiger partial charge in [0.25, 0.3) is 0 Å². The summed E-state index contributed by atoms with van der Waals surface area (Å²) in [6.45, 7) is 2.18. The largest absolute Gasteiger partial charge is 0.480 e. The van der Waals surface area contributed by atoms with Crippen molar-refractivity contribution in [2.24, 2.45) is 5.10 Å². The number of hydrogen-bond acceptors (Lipinski definition) is 3. The molecule has 1 N–H and O–H groups in total. The lowest BCUT2D eigenvalue weighted by atomic mass is 10.0. The minimum atomic E-state index is -0.179. The van der Waals surface area contributed by atoms with Crippen LogP contribution in [0.1, 0.15) is 16.7 Å². The second kappa shape index (κ2) is 8.68. The summed E-state index contributed by atoms with van der Waals surface area (Å²) in [5, 5.41) is 6.15. The van der Waals surface area contributed by atoms with Gasteiger partial charge in [-0.1, -0.05) is 66.1 Å². The predicted octanol–water partition coefficient (Wildman–Crippen LogP) is 3.85. The standard InChI is InChI=1S/C23H20N2O2/c1-3-14-27-22-13-12-19-6-4-5-7-20(19)21(22)16-24-25-23(26)15-18-10-8-17(2)9-11-18/h1,4-13,16H,14-15H2,2H3,(H,25,26)/b24-16-. The van der Waals surface area contributed by atoms with E-state index in [1.165, 1.54) is 0 Å². The highest BCUT2D eigenvalue weighted by atomic mass is 16.5. The molecule has 0 atom stereocenters. The molecule has 27 heavy (non-hydrogen) atoms. The van der Waals surface area contributed by atoms with Crippen LogP contribution in [0.15, 0.2) is 65.8 Å². The van der Waals surface area contributed by atoms with Gasteiger partial charge in [-0.3, -0.25) is 4.79 Å². The van der Waals surface area contributed by atoms with Crippen LogP contribution in [0.3, 0.4) is 0 Å². The molecule has 0 aromatic heterocycles. The van der Waals surface area contributed by atoms with Gasteiger partial charge in [0, 0.05) is 5.56 Å². The number of carbonyl (C=O) groups excluding carboxylic acids is 1. The van der Waals surface area contributed by atoms with Crippen LogP contribution in [0.4, 0.5) is 0 Å². The Bertz CT molecular complexity index is 1010. The summed E-state index contributed by atoms with van der Waals surface area (Å²) in [7, 11) is 0. The summed E-state index contributed by atoms with van der Waals surface area (Å²) in [5.41, 5.74) is 5.45. The molecule has 0 radical (unpaired) electrons. The Hall–Kier alpha value is -3.58. The molecule has 1 amide bonds. The third-order valence-corrected chi connectivity index (χ3v) is 4.11. The fourth-order valence-corrected chi connectivity index (χ4v) is 2.75. The molecule has 4 nitrogen and oxygen atoms in total. The van der Waals surface area contributed by atoms with Crippen LogP contribution < -0.4 is 10.2 Å². The van der Waals surface area contributed by atoms with Gasteiger partial charge in [-0.25, -0.2) is 5.43 Å². The monoisotopic (exact) mass is 356 g/mol. The number of hydrogen-bond donors (Lipinski definition) is 1. The molecule has 3 aromatic rings. The predicted molar refractivity (Wildman–Crippen MR) is 109 cm³/mol. The molecule has 0 aliphatic carbocycles. The van der Waals surface area contributed by atoms with Crippen LogP contribution in [0.5, 0.6) is 5.75 Å². The van der Waals surface area contributed by atoms with Crippen molar-refractivity contribution in [1.29, 1.82) is 0 Å². The van der Waals surface area contributed by atoms with Gasteiger partial charge in [-0.2, -0.15) is 5.10 Å².